The van der Waals surface area contributed by atoms with Crippen molar-refractivity contribution in [3.05, 3.63) is 0 Å². The average molecular weight is 269 g/mol. The topological polar surface area (TPSA) is 53.6 Å². The number of rotatable bonds is 5. The lowest BCUT2D eigenvalue weighted by Crippen LogP contribution is -2.52. The van der Waals surface area contributed by atoms with Gasteiger partial charge in [0.25, 0.3) is 0 Å². The molecule has 0 aliphatic heterocycles. The fraction of sp³-hybridized carbons (Fsp3) is 0.929. The lowest BCUT2D eigenvalue weighted by Gasteiger charge is -2.40. The van der Waals surface area contributed by atoms with Crippen LogP contribution in [0.3, 0.4) is 0 Å². The van der Waals surface area contributed by atoms with Gasteiger partial charge in [0.1, 0.15) is 0 Å². The highest BCUT2D eigenvalue weighted by atomic mass is 16.5. The maximum absolute atomic E-state index is 11.9. The van der Waals surface area contributed by atoms with Crippen molar-refractivity contribution >= 4 is 6.03 Å². The molecule has 0 aromatic heterocycles. The van der Waals surface area contributed by atoms with Crippen LogP contribution < -0.4 is 10.6 Å². The molecule has 110 valence electrons. The van der Waals surface area contributed by atoms with E-state index >= 15 is 0 Å². The van der Waals surface area contributed by atoms with Crippen LogP contribution in [0.5, 0.6) is 0 Å². The number of hydrogen-bond donors (Lipinski definition) is 2. The standard InChI is InChI=1S/C14H27N3O2/c1-17(2)12-6-5-11(9-12)16-13(18)15-10-14(19-3)7-4-8-14/h11-12H,4-10H2,1-3H3,(H2,15,16,18). The molecule has 2 aliphatic carbocycles. The van der Waals surface area contributed by atoms with Gasteiger partial charge in [-0.2, -0.15) is 0 Å². The molecule has 5 nitrogen and oxygen atoms in total. The van der Waals surface area contributed by atoms with E-state index in [0.29, 0.717) is 18.6 Å². The van der Waals surface area contributed by atoms with E-state index in [9.17, 15) is 4.79 Å². The molecule has 0 saturated heterocycles. The van der Waals surface area contributed by atoms with Gasteiger partial charge in [-0.1, -0.05) is 0 Å². The fourth-order valence-corrected chi connectivity index (χ4v) is 3.06. The van der Waals surface area contributed by atoms with E-state index < -0.39 is 0 Å². The van der Waals surface area contributed by atoms with Crippen LogP contribution in [0.1, 0.15) is 38.5 Å². The van der Waals surface area contributed by atoms with Gasteiger partial charge in [-0.05, 0) is 52.6 Å². The Morgan fingerprint density at radius 3 is 2.58 bits per heavy atom. The first-order chi connectivity index (χ1) is 9.04. The first-order valence-electron chi connectivity index (χ1n) is 7.31. The molecule has 2 saturated carbocycles. The van der Waals surface area contributed by atoms with E-state index in [1.54, 1.807) is 7.11 Å². The Morgan fingerprint density at radius 1 is 1.37 bits per heavy atom. The second kappa shape index (κ2) is 6.09. The van der Waals surface area contributed by atoms with Crippen LogP contribution in [0.25, 0.3) is 0 Å². The normalized spacial score (nSPS) is 29.1. The van der Waals surface area contributed by atoms with Crippen molar-refractivity contribution in [2.75, 3.05) is 27.7 Å². The van der Waals surface area contributed by atoms with Crippen molar-refractivity contribution in [3.8, 4) is 0 Å². The largest absolute Gasteiger partial charge is 0.376 e. The summed E-state index contributed by atoms with van der Waals surface area (Å²) in [6.45, 7) is 0.624. The van der Waals surface area contributed by atoms with Crippen LogP contribution in [-0.4, -0.2) is 56.4 Å². The zero-order valence-corrected chi connectivity index (χ0v) is 12.4. The molecule has 2 N–H and O–H groups in total. The molecule has 2 aliphatic rings. The molecule has 0 radical (unpaired) electrons. The first-order valence-corrected chi connectivity index (χ1v) is 7.31. The van der Waals surface area contributed by atoms with Crippen LogP contribution >= 0.6 is 0 Å². The van der Waals surface area contributed by atoms with Crippen molar-refractivity contribution in [3.63, 3.8) is 0 Å². The number of carbonyl (C=O) groups excluding carboxylic acids is 1. The zero-order chi connectivity index (χ0) is 13.9. The van der Waals surface area contributed by atoms with E-state index in [4.69, 9.17) is 4.74 Å². The van der Waals surface area contributed by atoms with Gasteiger partial charge in [0, 0.05) is 25.7 Å². The Bertz CT molecular complexity index is 310. The molecule has 0 bridgehead atoms. The molecule has 2 atom stereocenters. The Hall–Kier alpha value is -0.810. The maximum atomic E-state index is 11.9. The monoisotopic (exact) mass is 269 g/mol. The van der Waals surface area contributed by atoms with E-state index in [1.165, 1.54) is 12.8 Å². The summed E-state index contributed by atoms with van der Waals surface area (Å²) >= 11 is 0. The average Bonchev–Trinajstić information content (AvgIpc) is 2.77. The second-order valence-electron chi connectivity index (χ2n) is 6.20. The van der Waals surface area contributed by atoms with Crippen LogP contribution in [0, 0.1) is 0 Å². The fourth-order valence-electron chi connectivity index (χ4n) is 3.06. The summed E-state index contributed by atoms with van der Waals surface area (Å²) in [5.41, 5.74) is -0.0980. The van der Waals surface area contributed by atoms with Crippen molar-refractivity contribution in [2.45, 2.75) is 56.2 Å². The third kappa shape index (κ3) is 3.60. The van der Waals surface area contributed by atoms with Crippen LogP contribution in [0.4, 0.5) is 4.79 Å². The van der Waals surface area contributed by atoms with E-state index in [0.717, 1.165) is 25.7 Å². The molecule has 0 aromatic rings. The maximum Gasteiger partial charge on any atom is 0.315 e. The number of urea groups is 1. The van der Waals surface area contributed by atoms with E-state index in [1.807, 2.05) is 0 Å². The SMILES string of the molecule is COC1(CNC(=O)NC2CCC(N(C)C)C2)CCC1. The Morgan fingerprint density at radius 2 is 2.11 bits per heavy atom. The predicted octanol–water partition coefficient (Wildman–Crippen LogP) is 1.34. The molecular weight excluding hydrogens is 242 g/mol. The van der Waals surface area contributed by atoms with Crippen LogP contribution in [0.2, 0.25) is 0 Å². The third-order valence-corrected chi connectivity index (χ3v) is 4.74. The van der Waals surface area contributed by atoms with Crippen molar-refractivity contribution in [1.82, 2.24) is 15.5 Å². The summed E-state index contributed by atoms with van der Waals surface area (Å²) in [6, 6.07) is 0.863. The Labute approximate surface area is 116 Å². The van der Waals surface area contributed by atoms with Crippen LogP contribution in [-0.2, 0) is 4.74 Å². The van der Waals surface area contributed by atoms with Gasteiger partial charge in [0.05, 0.1) is 5.60 Å². The second-order valence-corrected chi connectivity index (χ2v) is 6.20. The highest BCUT2D eigenvalue weighted by molar-refractivity contribution is 5.74. The summed E-state index contributed by atoms with van der Waals surface area (Å²) < 4.78 is 5.49. The Balaban J connectivity index is 1.67. The summed E-state index contributed by atoms with van der Waals surface area (Å²) in [6.07, 6.45) is 6.59. The summed E-state index contributed by atoms with van der Waals surface area (Å²) in [5.74, 6) is 0. The van der Waals surface area contributed by atoms with E-state index in [-0.39, 0.29) is 11.6 Å². The Kier molecular flexibility index (Phi) is 4.68. The van der Waals surface area contributed by atoms with Crippen LogP contribution in [0.15, 0.2) is 0 Å². The van der Waals surface area contributed by atoms with E-state index in [2.05, 4.69) is 29.6 Å². The minimum Gasteiger partial charge on any atom is -0.376 e. The number of ether oxygens (including phenoxy) is 1. The zero-order valence-electron chi connectivity index (χ0n) is 12.4. The highest BCUT2D eigenvalue weighted by Gasteiger charge is 2.37. The molecule has 19 heavy (non-hydrogen) atoms. The molecule has 2 amide bonds. The molecule has 0 heterocycles. The molecule has 2 rings (SSSR count). The minimum absolute atomic E-state index is 0.0484. The first kappa shape index (κ1) is 14.6. The van der Waals surface area contributed by atoms with Crippen molar-refractivity contribution in [2.24, 2.45) is 0 Å². The van der Waals surface area contributed by atoms with Crippen molar-refractivity contribution < 1.29 is 9.53 Å². The smallest absolute Gasteiger partial charge is 0.315 e. The summed E-state index contributed by atoms with van der Waals surface area (Å²) in [4.78, 5) is 14.1. The molecule has 2 fully saturated rings. The lowest BCUT2D eigenvalue weighted by atomic mass is 9.80. The predicted molar refractivity (Wildman–Crippen MR) is 75.2 cm³/mol. The minimum atomic E-state index is -0.0980. The number of nitrogens with zero attached hydrogens (tertiary/aromatic N) is 1. The van der Waals surface area contributed by atoms with Gasteiger partial charge in [0.15, 0.2) is 0 Å². The molecule has 2 unspecified atom stereocenters. The quantitative estimate of drug-likeness (QED) is 0.792. The summed E-state index contributed by atoms with van der Waals surface area (Å²) in [7, 11) is 5.94. The van der Waals surface area contributed by atoms with Gasteiger partial charge in [-0.15, -0.1) is 0 Å². The van der Waals surface area contributed by atoms with Gasteiger partial charge >= 0.3 is 6.03 Å². The molecule has 5 heteroatoms. The number of methoxy groups -OCH3 is 1. The molecule has 0 aromatic carbocycles. The third-order valence-electron chi connectivity index (χ3n) is 4.74. The highest BCUT2D eigenvalue weighted by Crippen LogP contribution is 2.34. The number of carbonyl (C=O) groups is 1. The molecular formula is C14H27N3O2. The number of nitrogens with one attached hydrogen (secondary N) is 2. The number of amides is 2. The van der Waals surface area contributed by atoms with Gasteiger partial charge in [-0.25, -0.2) is 4.79 Å². The van der Waals surface area contributed by atoms with Gasteiger partial charge in [-0.3, -0.25) is 0 Å². The van der Waals surface area contributed by atoms with Crippen molar-refractivity contribution in [1.29, 1.82) is 0 Å². The van der Waals surface area contributed by atoms with Gasteiger partial charge in [0.2, 0.25) is 0 Å². The summed E-state index contributed by atoms with van der Waals surface area (Å²) in [5, 5.41) is 6.03. The number of hydrogen-bond acceptors (Lipinski definition) is 3. The molecule has 0 spiro atoms. The lowest BCUT2D eigenvalue weighted by molar-refractivity contribution is -0.0674. The van der Waals surface area contributed by atoms with Gasteiger partial charge < -0.3 is 20.3 Å².